The Balaban J connectivity index is 2.98. The molecule has 4 nitrogen and oxygen atoms in total. The van der Waals surface area contributed by atoms with Gasteiger partial charge in [-0.1, -0.05) is 15.9 Å². The van der Waals surface area contributed by atoms with Crippen LogP contribution >= 0.6 is 15.9 Å². The molecule has 14 heavy (non-hydrogen) atoms. The second kappa shape index (κ2) is 4.63. The highest BCUT2D eigenvalue weighted by atomic mass is 79.9. The van der Waals surface area contributed by atoms with Crippen LogP contribution in [0.3, 0.4) is 0 Å². The molecule has 0 radical (unpaired) electrons. The van der Waals surface area contributed by atoms with Crippen LogP contribution < -0.4 is 4.74 Å². The first kappa shape index (κ1) is 10.5. The predicted octanol–water partition coefficient (Wildman–Crippen LogP) is 2.47. The van der Waals surface area contributed by atoms with Gasteiger partial charge in [-0.15, -0.1) is 0 Å². The largest absolute Gasteiger partial charge is 0.513 e. The van der Waals surface area contributed by atoms with Gasteiger partial charge in [0, 0.05) is 4.47 Å². The second-order valence-corrected chi connectivity index (χ2v) is 3.22. The highest BCUT2D eigenvalue weighted by molar-refractivity contribution is 9.10. The van der Waals surface area contributed by atoms with Gasteiger partial charge < -0.3 is 9.47 Å². The SMILES string of the molecule is COC(=O)Oc1ccc(Br)cc1C#N. The minimum Gasteiger partial charge on any atom is -0.437 e. The predicted molar refractivity (Wildman–Crippen MR) is 51.9 cm³/mol. The molecule has 1 rings (SSSR count). The molecule has 0 aliphatic rings. The van der Waals surface area contributed by atoms with Crippen molar-refractivity contribution >= 4 is 22.1 Å². The van der Waals surface area contributed by atoms with E-state index in [0.717, 1.165) is 4.47 Å². The van der Waals surface area contributed by atoms with Gasteiger partial charge in [0.2, 0.25) is 0 Å². The molecule has 72 valence electrons. The van der Waals surface area contributed by atoms with E-state index in [0.29, 0.717) is 0 Å². The summed E-state index contributed by atoms with van der Waals surface area (Å²) in [6.45, 7) is 0. The average molecular weight is 256 g/mol. The number of benzene rings is 1. The quantitative estimate of drug-likeness (QED) is 0.572. The van der Waals surface area contributed by atoms with Crippen molar-refractivity contribution in [2.45, 2.75) is 0 Å². The van der Waals surface area contributed by atoms with E-state index in [2.05, 4.69) is 20.7 Å². The van der Waals surface area contributed by atoms with Crippen molar-refractivity contribution in [2.75, 3.05) is 7.11 Å². The van der Waals surface area contributed by atoms with Gasteiger partial charge in [-0.25, -0.2) is 4.79 Å². The van der Waals surface area contributed by atoms with Crippen molar-refractivity contribution in [3.8, 4) is 11.8 Å². The van der Waals surface area contributed by atoms with Crippen LogP contribution in [0.4, 0.5) is 4.79 Å². The van der Waals surface area contributed by atoms with E-state index in [-0.39, 0.29) is 11.3 Å². The molecule has 0 atom stereocenters. The Labute approximate surface area is 89.2 Å². The van der Waals surface area contributed by atoms with Gasteiger partial charge >= 0.3 is 6.16 Å². The summed E-state index contributed by atoms with van der Waals surface area (Å²) in [4.78, 5) is 10.8. The molecule has 0 fully saturated rings. The Bertz CT molecular complexity index is 398. The highest BCUT2D eigenvalue weighted by Gasteiger charge is 2.08. The number of carbonyl (C=O) groups is 1. The van der Waals surface area contributed by atoms with E-state index < -0.39 is 6.16 Å². The lowest BCUT2D eigenvalue weighted by atomic mass is 10.2. The normalized spacial score (nSPS) is 8.93. The fraction of sp³-hybridized carbons (Fsp3) is 0.111. The van der Waals surface area contributed by atoms with Gasteiger partial charge in [-0.2, -0.15) is 5.26 Å². The molecule has 0 aromatic heterocycles. The number of carbonyl (C=O) groups excluding carboxylic acids is 1. The zero-order valence-electron chi connectivity index (χ0n) is 7.28. The van der Waals surface area contributed by atoms with Crippen LogP contribution in [-0.2, 0) is 4.74 Å². The first-order chi connectivity index (χ1) is 6.67. The number of nitriles is 1. The molecule has 0 heterocycles. The highest BCUT2D eigenvalue weighted by Crippen LogP contribution is 2.22. The van der Waals surface area contributed by atoms with Gasteiger partial charge in [-0.05, 0) is 18.2 Å². The summed E-state index contributed by atoms with van der Waals surface area (Å²) in [5.41, 5.74) is 0.268. The molecule has 0 unspecified atom stereocenters. The van der Waals surface area contributed by atoms with Crippen LogP contribution in [0.1, 0.15) is 5.56 Å². The molecular weight excluding hydrogens is 250 g/mol. The number of halogens is 1. The number of nitrogens with zero attached hydrogens (tertiary/aromatic N) is 1. The van der Waals surface area contributed by atoms with Gasteiger partial charge in [0.1, 0.15) is 6.07 Å². The Morgan fingerprint density at radius 3 is 2.86 bits per heavy atom. The zero-order valence-corrected chi connectivity index (χ0v) is 8.87. The maximum Gasteiger partial charge on any atom is 0.513 e. The molecule has 0 bridgehead atoms. The first-order valence-corrected chi connectivity index (χ1v) is 4.42. The number of methoxy groups -OCH3 is 1. The standard InChI is InChI=1S/C9H6BrNO3/c1-13-9(12)14-8-3-2-7(10)4-6(8)5-11/h2-4H,1H3. The summed E-state index contributed by atoms with van der Waals surface area (Å²) in [5, 5.41) is 8.73. The van der Waals surface area contributed by atoms with Crippen molar-refractivity contribution in [2.24, 2.45) is 0 Å². The Hall–Kier alpha value is -1.54. The van der Waals surface area contributed by atoms with E-state index in [1.807, 2.05) is 6.07 Å². The minimum atomic E-state index is -0.844. The summed E-state index contributed by atoms with van der Waals surface area (Å²) in [5.74, 6) is 0.183. The fourth-order valence-corrected chi connectivity index (χ4v) is 1.17. The van der Waals surface area contributed by atoms with E-state index in [9.17, 15) is 4.79 Å². The second-order valence-electron chi connectivity index (χ2n) is 2.31. The van der Waals surface area contributed by atoms with Crippen LogP contribution in [-0.4, -0.2) is 13.3 Å². The first-order valence-electron chi connectivity index (χ1n) is 3.63. The third kappa shape index (κ3) is 2.47. The van der Waals surface area contributed by atoms with Crippen LogP contribution in [0.25, 0.3) is 0 Å². The summed E-state index contributed by atoms with van der Waals surface area (Å²) in [7, 11) is 1.20. The van der Waals surface area contributed by atoms with Crippen molar-refractivity contribution in [1.29, 1.82) is 5.26 Å². The Morgan fingerprint density at radius 2 is 2.29 bits per heavy atom. The van der Waals surface area contributed by atoms with Crippen LogP contribution in [0, 0.1) is 11.3 Å². The van der Waals surface area contributed by atoms with Gasteiger partial charge in [0.25, 0.3) is 0 Å². The zero-order chi connectivity index (χ0) is 10.6. The maximum atomic E-state index is 10.8. The third-order valence-corrected chi connectivity index (χ3v) is 1.92. The average Bonchev–Trinajstić information content (AvgIpc) is 2.20. The molecule has 1 aromatic rings. The van der Waals surface area contributed by atoms with Gasteiger partial charge in [-0.3, -0.25) is 0 Å². The molecule has 0 N–H and O–H groups in total. The molecule has 0 spiro atoms. The molecule has 0 aliphatic carbocycles. The number of rotatable bonds is 1. The summed E-state index contributed by atoms with van der Waals surface area (Å²) < 4.78 is 9.78. The molecule has 0 saturated heterocycles. The monoisotopic (exact) mass is 255 g/mol. The smallest absolute Gasteiger partial charge is 0.437 e. The Kier molecular flexibility index (Phi) is 3.48. The summed E-state index contributed by atoms with van der Waals surface area (Å²) >= 11 is 3.20. The molecule has 0 saturated carbocycles. The van der Waals surface area contributed by atoms with E-state index in [1.165, 1.54) is 13.2 Å². The number of hydrogen-bond donors (Lipinski definition) is 0. The molecule has 0 amide bonds. The lowest BCUT2D eigenvalue weighted by molar-refractivity contribution is 0.121. The topological polar surface area (TPSA) is 59.3 Å². The van der Waals surface area contributed by atoms with E-state index in [4.69, 9.17) is 10.00 Å². The summed E-state index contributed by atoms with van der Waals surface area (Å²) in [6.07, 6.45) is -0.844. The minimum absolute atomic E-state index is 0.183. The molecule has 5 heteroatoms. The fourth-order valence-electron chi connectivity index (χ4n) is 0.810. The van der Waals surface area contributed by atoms with Crippen LogP contribution in [0.5, 0.6) is 5.75 Å². The van der Waals surface area contributed by atoms with Crippen LogP contribution in [0.2, 0.25) is 0 Å². The number of hydrogen-bond acceptors (Lipinski definition) is 4. The van der Waals surface area contributed by atoms with Crippen LogP contribution in [0.15, 0.2) is 22.7 Å². The Morgan fingerprint density at radius 1 is 1.57 bits per heavy atom. The maximum absolute atomic E-state index is 10.8. The van der Waals surface area contributed by atoms with E-state index in [1.54, 1.807) is 12.1 Å². The lowest BCUT2D eigenvalue weighted by Crippen LogP contribution is -2.08. The van der Waals surface area contributed by atoms with Crippen molar-refractivity contribution in [1.82, 2.24) is 0 Å². The van der Waals surface area contributed by atoms with E-state index >= 15 is 0 Å². The van der Waals surface area contributed by atoms with Crippen molar-refractivity contribution in [3.05, 3.63) is 28.2 Å². The molecule has 1 aromatic carbocycles. The van der Waals surface area contributed by atoms with Gasteiger partial charge in [0.15, 0.2) is 5.75 Å². The number of ether oxygens (including phenoxy) is 2. The van der Waals surface area contributed by atoms with Crippen molar-refractivity contribution < 1.29 is 14.3 Å². The molecule has 0 aliphatic heterocycles. The lowest BCUT2D eigenvalue weighted by Gasteiger charge is -2.03. The summed E-state index contributed by atoms with van der Waals surface area (Å²) in [6, 6.07) is 6.64. The van der Waals surface area contributed by atoms with Gasteiger partial charge in [0.05, 0.1) is 12.7 Å². The third-order valence-electron chi connectivity index (χ3n) is 1.42. The molecular formula is C9H6BrNO3. The van der Waals surface area contributed by atoms with Crippen molar-refractivity contribution in [3.63, 3.8) is 0 Å².